The molecule has 0 spiro atoms. The monoisotopic (exact) mass is 573 g/mol. The molecular formula is C27H29F6N3O4. The molecule has 40 heavy (non-hydrogen) atoms. The standard InChI is InChI=1S/C27H29F6N3O4/c1-2-21(23(37)25(39)35-19-9-10-19)36-24(38)22(14-26(30,31)13-16-3-5-17(28)6-4-16)34-15-27(32,33)40-20-11-7-18(29)8-12-20/h3-8,11-12,19,21-22,34H,2,9-10,13-15H2,1H3,(H,35,39)(H,36,38)/t21-,22-/m0/s1. The summed E-state index contributed by atoms with van der Waals surface area (Å²) in [7, 11) is 0. The van der Waals surface area contributed by atoms with E-state index < -0.39 is 78.5 Å². The van der Waals surface area contributed by atoms with Crippen molar-refractivity contribution in [2.24, 2.45) is 0 Å². The van der Waals surface area contributed by atoms with Crippen molar-refractivity contribution in [1.82, 2.24) is 16.0 Å². The lowest BCUT2D eigenvalue weighted by Crippen LogP contribution is -2.56. The van der Waals surface area contributed by atoms with Crippen LogP contribution in [0, 0.1) is 11.6 Å². The highest BCUT2D eigenvalue weighted by molar-refractivity contribution is 6.38. The number of Topliss-reactive ketones (excluding diaryl/α,β-unsaturated/α-hetero) is 1. The molecule has 0 heterocycles. The molecule has 1 aliphatic carbocycles. The van der Waals surface area contributed by atoms with Crippen molar-refractivity contribution in [3.05, 3.63) is 65.7 Å². The van der Waals surface area contributed by atoms with Gasteiger partial charge in [-0.25, -0.2) is 17.6 Å². The zero-order chi connectivity index (χ0) is 29.5. The van der Waals surface area contributed by atoms with Gasteiger partial charge in [-0.2, -0.15) is 8.78 Å². The van der Waals surface area contributed by atoms with Crippen LogP contribution in [-0.2, 0) is 20.8 Å². The Balaban J connectivity index is 1.72. The van der Waals surface area contributed by atoms with Crippen molar-refractivity contribution in [2.45, 2.75) is 69.2 Å². The van der Waals surface area contributed by atoms with Gasteiger partial charge >= 0.3 is 6.11 Å². The third-order valence-corrected chi connectivity index (χ3v) is 6.01. The lowest BCUT2D eigenvalue weighted by molar-refractivity contribution is -0.174. The van der Waals surface area contributed by atoms with Crippen LogP contribution in [0.2, 0.25) is 0 Å². The molecule has 3 N–H and O–H groups in total. The van der Waals surface area contributed by atoms with E-state index in [0.29, 0.717) is 12.8 Å². The summed E-state index contributed by atoms with van der Waals surface area (Å²) in [6.45, 7) is 0.0749. The van der Waals surface area contributed by atoms with Gasteiger partial charge in [0.1, 0.15) is 23.9 Å². The molecule has 0 radical (unpaired) electrons. The number of ketones is 1. The number of amides is 2. The average molecular weight is 574 g/mol. The Hall–Kier alpha value is -3.61. The maximum Gasteiger partial charge on any atom is 0.410 e. The summed E-state index contributed by atoms with van der Waals surface area (Å²) in [5, 5.41) is 6.75. The van der Waals surface area contributed by atoms with Gasteiger partial charge in [-0.3, -0.25) is 19.7 Å². The van der Waals surface area contributed by atoms with Gasteiger partial charge in [0.25, 0.3) is 11.8 Å². The van der Waals surface area contributed by atoms with E-state index in [1.165, 1.54) is 6.92 Å². The van der Waals surface area contributed by atoms with E-state index in [0.717, 1.165) is 48.5 Å². The quantitative estimate of drug-likeness (QED) is 0.222. The van der Waals surface area contributed by atoms with Gasteiger partial charge < -0.3 is 15.4 Å². The normalized spacial score (nSPS) is 15.2. The molecule has 0 bridgehead atoms. The Labute approximate surface area is 226 Å². The molecule has 2 aromatic rings. The lowest BCUT2D eigenvalue weighted by Gasteiger charge is -2.27. The van der Waals surface area contributed by atoms with E-state index in [1.807, 2.05) is 0 Å². The van der Waals surface area contributed by atoms with Gasteiger partial charge in [-0.05, 0) is 61.2 Å². The summed E-state index contributed by atoms with van der Waals surface area (Å²) in [5.41, 5.74) is 0.0360. The van der Waals surface area contributed by atoms with Gasteiger partial charge in [-0.15, -0.1) is 0 Å². The fourth-order valence-corrected chi connectivity index (χ4v) is 3.75. The molecule has 0 aliphatic heterocycles. The van der Waals surface area contributed by atoms with Crippen LogP contribution in [0.15, 0.2) is 48.5 Å². The van der Waals surface area contributed by atoms with Crippen LogP contribution < -0.4 is 20.7 Å². The van der Waals surface area contributed by atoms with E-state index in [4.69, 9.17) is 0 Å². The molecule has 218 valence electrons. The number of nitrogens with one attached hydrogen (secondary N) is 3. The number of halogens is 6. The van der Waals surface area contributed by atoms with Crippen LogP contribution in [-0.4, -0.2) is 54.3 Å². The predicted octanol–water partition coefficient (Wildman–Crippen LogP) is 3.91. The van der Waals surface area contributed by atoms with Gasteiger partial charge in [0.05, 0.1) is 12.1 Å². The van der Waals surface area contributed by atoms with Crippen molar-refractivity contribution in [3.8, 4) is 5.75 Å². The molecule has 3 rings (SSSR count). The van der Waals surface area contributed by atoms with Crippen molar-refractivity contribution < 1.29 is 45.5 Å². The number of ether oxygens (including phenoxy) is 1. The first-order valence-electron chi connectivity index (χ1n) is 12.6. The van der Waals surface area contributed by atoms with Gasteiger partial charge in [0, 0.05) is 18.9 Å². The van der Waals surface area contributed by atoms with Crippen molar-refractivity contribution in [1.29, 1.82) is 0 Å². The van der Waals surface area contributed by atoms with Gasteiger partial charge in [-0.1, -0.05) is 19.1 Å². The smallest absolute Gasteiger partial charge is 0.410 e. The molecule has 2 atom stereocenters. The fraction of sp³-hybridized carbons (Fsp3) is 0.444. The second-order valence-electron chi connectivity index (χ2n) is 9.57. The first-order valence-corrected chi connectivity index (χ1v) is 12.6. The summed E-state index contributed by atoms with van der Waals surface area (Å²) in [4.78, 5) is 37.6. The highest BCUT2D eigenvalue weighted by atomic mass is 19.3. The third-order valence-electron chi connectivity index (χ3n) is 6.01. The molecule has 7 nitrogen and oxygen atoms in total. The van der Waals surface area contributed by atoms with E-state index >= 15 is 0 Å². The highest BCUT2D eigenvalue weighted by Gasteiger charge is 2.40. The van der Waals surface area contributed by atoms with Crippen LogP contribution in [0.4, 0.5) is 26.3 Å². The zero-order valence-corrected chi connectivity index (χ0v) is 21.5. The van der Waals surface area contributed by atoms with Crippen molar-refractivity contribution in [2.75, 3.05) is 6.54 Å². The third kappa shape index (κ3) is 9.85. The van der Waals surface area contributed by atoms with Crippen LogP contribution in [0.5, 0.6) is 5.75 Å². The summed E-state index contributed by atoms with van der Waals surface area (Å²) >= 11 is 0. The topological polar surface area (TPSA) is 96.5 Å². The maximum atomic E-state index is 15.0. The number of rotatable bonds is 15. The van der Waals surface area contributed by atoms with Crippen molar-refractivity contribution >= 4 is 17.6 Å². The summed E-state index contributed by atoms with van der Waals surface area (Å²) < 4.78 is 89.7. The number of hydrogen-bond donors (Lipinski definition) is 3. The van der Waals surface area contributed by atoms with Crippen LogP contribution in [0.25, 0.3) is 0 Å². The van der Waals surface area contributed by atoms with Gasteiger partial charge in [0.15, 0.2) is 0 Å². The average Bonchev–Trinajstić information content (AvgIpc) is 3.71. The second kappa shape index (κ2) is 13.2. The van der Waals surface area contributed by atoms with E-state index in [9.17, 15) is 40.7 Å². The summed E-state index contributed by atoms with van der Waals surface area (Å²) in [6.07, 6.45) is -4.88. The largest absolute Gasteiger partial charge is 0.432 e. The number of benzene rings is 2. The molecule has 1 saturated carbocycles. The van der Waals surface area contributed by atoms with Gasteiger partial charge in [0.2, 0.25) is 11.7 Å². The highest BCUT2D eigenvalue weighted by Crippen LogP contribution is 2.27. The molecule has 0 saturated heterocycles. The fourth-order valence-electron chi connectivity index (χ4n) is 3.75. The molecular weight excluding hydrogens is 544 g/mol. The Kier molecular flexibility index (Phi) is 10.2. The second-order valence-corrected chi connectivity index (χ2v) is 9.57. The summed E-state index contributed by atoms with van der Waals surface area (Å²) in [5.74, 6) is -8.53. The SMILES string of the molecule is CC[C@H](NC(=O)[C@H](CC(F)(F)Cc1ccc(F)cc1)NCC(F)(F)Oc1ccc(F)cc1)C(=O)C(=O)NC1CC1. The predicted molar refractivity (Wildman–Crippen MR) is 132 cm³/mol. The molecule has 1 fully saturated rings. The van der Waals surface area contributed by atoms with Crippen LogP contribution >= 0.6 is 0 Å². The first-order chi connectivity index (χ1) is 18.8. The molecule has 0 unspecified atom stereocenters. The number of hydrogen-bond acceptors (Lipinski definition) is 5. The minimum atomic E-state index is -4.01. The lowest BCUT2D eigenvalue weighted by atomic mass is 9.99. The van der Waals surface area contributed by atoms with E-state index in [-0.39, 0.29) is 18.0 Å². The minimum absolute atomic E-state index is 0.0360. The number of carbonyl (C=O) groups is 3. The molecule has 0 aromatic heterocycles. The Morgan fingerprint density at radius 2 is 1.50 bits per heavy atom. The Morgan fingerprint density at radius 1 is 0.925 bits per heavy atom. The van der Waals surface area contributed by atoms with Crippen LogP contribution in [0.1, 0.15) is 38.2 Å². The molecule has 1 aliphatic rings. The van der Waals surface area contributed by atoms with Crippen LogP contribution in [0.3, 0.4) is 0 Å². The zero-order valence-electron chi connectivity index (χ0n) is 21.5. The Bertz CT molecular complexity index is 1170. The Morgan fingerprint density at radius 3 is 2.05 bits per heavy atom. The minimum Gasteiger partial charge on any atom is -0.432 e. The molecule has 2 amide bonds. The first kappa shape index (κ1) is 30.9. The number of carbonyl (C=O) groups excluding carboxylic acids is 3. The maximum absolute atomic E-state index is 15.0. The summed E-state index contributed by atoms with van der Waals surface area (Å²) in [6, 6.07) is 4.37. The molecule has 2 aromatic carbocycles. The van der Waals surface area contributed by atoms with E-state index in [2.05, 4.69) is 20.7 Å². The number of alkyl halides is 4. The van der Waals surface area contributed by atoms with Crippen molar-refractivity contribution in [3.63, 3.8) is 0 Å². The molecule has 13 heteroatoms. The van der Waals surface area contributed by atoms with E-state index in [1.54, 1.807) is 0 Å².